The second-order valence-corrected chi connectivity index (χ2v) is 4.98. The van der Waals surface area contributed by atoms with Gasteiger partial charge in [0.2, 0.25) is 0 Å². The van der Waals surface area contributed by atoms with Crippen molar-refractivity contribution in [2.45, 2.75) is 18.7 Å². The van der Waals surface area contributed by atoms with E-state index in [1.165, 1.54) is 14.0 Å². The van der Waals surface area contributed by atoms with Crippen molar-refractivity contribution in [3.05, 3.63) is 27.3 Å². The van der Waals surface area contributed by atoms with E-state index in [9.17, 15) is 0 Å². The smallest absolute Gasteiger partial charge is 0.0144 e. The van der Waals surface area contributed by atoms with Crippen molar-refractivity contribution < 1.29 is 0 Å². The maximum atomic E-state index is 2.36. The molecule has 0 aliphatic carbocycles. The fourth-order valence-corrected chi connectivity index (χ4v) is 2.80. The predicted molar refractivity (Wildman–Crippen MR) is 60.3 cm³/mol. The standard InChI is InChI=1S/C9H11IS/c1-3-11-9-5-7(2)4-8(10)6-9/h4-6H,3H2,1-2H3. The van der Waals surface area contributed by atoms with Crippen molar-refractivity contribution in [1.82, 2.24) is 0 Å². The van der Waals surface area contributed by atoms with Crippen molar-refractivity contribution >= 4 is 34.4 Å². The molecule has 0 radical (unpaired) electrons. The molecule has 1 aromatic rings. The molecule has 0 aliphatic rings. The first kappa shape index (κ1) is 9.39. The lowest BCUT2D eigenvalue weighted by Crippen LogP contribution is -1.79. The van der Waals surface area contributed by atoms with E-state index in [-0.39, 0.29) is 0 Å². The Morgan fingerprint density at radius 2 is 2.09 bits per heavy atom. The highest BCUT2D eigenvalue weighted by molar-refractivity contribution is 14.1. The van der Waals surface area contributed by atoms with E-state index < -0.39 is 0 Å². The number of aryl methyl sites for hydroxylation is 1. The van der Waals surface area contributed by atoms with Gasteiger partial charge in [-0.2, -0.15) is 0 Å². The first-order valence-corrected chi connectivity index (χ1v) is 5.69. The molecule has 0 saturated carbocycles. The van der Waals surface area contributed by atoms with E-state index in [4.69, 9.17) is 0 Å². The molecule has 0 N–H and O–H groups in total. The molecule has 0 aliphatic heterocycles. The van der Waals surface area contributed by atoms with Crippen LogP contribution in [-0.4, -0.2) is 5.75 Å². The molecule has 1 rings (SSSR count). The largest absolute Gasteiger partial charge is 0.126 e. The number of rotatable bonds is 2. The average molecular weight is 278 g/mol. The molecule has 0 amide bonds. The van der Waals surface area contributed by atoms with E-state index in [2.05, 4.69) is 54.6 Å². The van der Waals surface area contributed by atoms with Crippen LogP contribution in [0.4, 0.5) is 0 Å². The van der Waals surface area contributed by atoms with Crippen LogP contribution in [0.5, 0.6) is 0 Å². The highest BCUT2D eigenvalue weighted by Gasteiger charge is 1.94. The van der Waals surface area contributed by atoms with Crippen LogP contribution in [0.3, 0.4) is 0 Å². The summed E-state index contributed by atoms with van der Waals surface area (Å²) in [5.41, 5.74) is 1.35. The van der Waals surface area contributed by atoms with E-state index >= 15 is 0 Å². The van der Waals surface area contributed by atoms with Crippen molar-refractivity contribution in [3.63, 3.8) is 0 Å². The van der Waals surface area contributed by atoms with Gasteiger partial charge in [0.25, 0.3) is 0 Å². The SMILES string of the molecule is CCSc1cc(C)cc(I)c1. The van der Waals surface area contributed by atoms with Gasteiger partial charge in [-0.15, -0.1) is 11.8 Å². The molecular weight excluding hydrogens is 267 g/mol. The lowest BCUT2D eigenvalue weighted by molar-refractivity contribution is 1.33. The van der Waals surface area contributed by atoms with Gasteiger partial charge in [0.1, 0.15) is 0 Å². The van der Waals surface area contributed by atoms with Gasteiger partial charge in [-0.3, -0.25) is 0 Å². The Morgan fingerprint density at radius 3 is 2.64 bits per heavy atom. The maximum Gasteiger partial charge on any atom is 0.0144 e. The van der Waals surface area contributed by atoms with E-state index in [1.807, 2.05) is 11.8 Å². The van der Waals surface area contributed by atoms with E-state index in [0.717, 1.165) is 5.75 Å². The lowest BCUT2D eigenvalue weighted by atomic mass is 10.2. The van der Waals surface area contributed by atoms with Crippen LogP contribution in [0, 0.1) is 10.5 Å². The number of thioether (sulfide) groups is 1. The van der Waals surface area contributed by atoms with Crippen LogP contribution >= 0.6 is 34.4 Å². The molecule has 0 atom stereocenters. The summed E-state index contributed by atoms with van der Waals surface area (Å²) in [6, 6.07) is 6.65. The summed E-state index contributed by atoms with van der Waals surface area (Å²) >= 11 is 4.26. The molecule has 11 heavy (non-hydrogen) atoms. The van der Waals surface area contributed by atoms with Gasteiger partial charge in [-0.25, -0.2) is 0 Å². The topological polar surface area (TPSA) is 0 Å². The molecule has 0 unspecified atom stereocenters. The Morgan fingerprint density at radius 1 is 1.36 bits per heavy atom. The average Bonchev–Trinajstić information content (AvgIpc) is 1.85. The monoisotopic (exact) mass is 278 g/mol. The summed E-state index contributed by atoms with van der Waals surface area (Å²) in [6.07, 6.45) is 0. The van der Waals surface area contributed by atoms with Crippen molar-refractivity contribution in [3.8, 4) is 0 Å². The predicted octanol–water partition coefficient (Wildman–Crippen LogP) is 3.71. The number of hydrogen-bond donors (Lipinski definition) is 0. The summed E-state index contributed by atoms with van der Waals surface area (Å²) in [5.74, 6) is 1.15. The first-order chi connectivity index (χ1) is 5.22. The zero-order valence-corrected chi connectivity index (χ0v) is 9.70. The Balaban J connectivity index is 2.89. The quantitative estimate of drug-likeness (QED) is 0.587. The minimum absolute atomic E-state index is 1.15. The van der Waals surface area contributed by atoms with Gasteiger partial charge in [0.05, 0.1) is 0 Å². The minimum Gasteiger partial charge on any atom is -0.126 e. The van der Waals surface area contributed by atoms with Gasteiger partial charge in [0.15, 0.2) is 0 Å². The fraction of sp³-hybridized carbons (Fsp3) is 0.333. The summed E-state index contributed by atoms with van der Waals surface area (Å²) in [4.78, 5) is 1.39. The summed E-state index contributed by atoms with van der Waals surface area (Å²) in [6.45, 7) is 4.32. The van der Waals surface area contributed by atoms with Crippen LogP contribution in [-0.2, 0) is 0 Å². The molecule has 1 aromatic carbocycles. The molecule has 0 heterocycles. The fourth-order valence-electron chi connectivity index (χ4n) is 0.953. The second-order valence-electron chi connectivity index (χ2n) is 2.40. The zero-order chi connectivity index (χ0) is 8.27. The highest BCUT2D eigenvalue weighted by Crippen LogP contribution is 2.21. The van der Waals surface area contributed by atoms with Crippen LogP contribution < -0.4 is 0 Å². The van der Waals surface area contributed by atoms with E-state index in [0.29, 0.717) is 0 Å². The van der Waals surface area contributed by atoms with Gasteiger partial charge >= 0.3 is 0 Å². The third kappa shape index (κ3) is 3.03. The number of hydrogen-bond acceptors (Lipinski definition) is 1. The zero-order valence-electron chi connectivity index (χ0n) is 6.73. The third-order valence-corrected chi connectivity index (χ3v) is 2.81. The van der Waals surface area contributed by atoms with Crippen LogP contribution in [0.15, 0.2) is 23.1 Å². The third-order valence-electron chi connectivity index (χ3n) is 1.33. The molecule has 60 valence electrons. The van der Waals surface area contributed by atoms with Gasteiger partial charge < -0.3 is 0 Å². The molecule has 0 aromatic heterocycles. The van der Waals surface area contributed by atoms with Crippen molar-refractivity contribution in [1.29, 1.82) is 0 Å². The molecule has 0 saturated heterocycles. The first-order valence-electron chi connectivity index (χ1n) is 3.62. The summed E-state index contributed by atoms with van der Waals surface area (Å²) in [7, 11) is 0. The number of halogens is 1. The molecule has 0 spiro atoms. The summed E-state index contributed by atoms with van der Waals surface area (Å²) in [5, 5.41) is 0. The van der Waals surface area contributed by atoms with Gasteiger partial charge in [-0.05, 0) is 59.0 Å². The minimum atomic E-state index is 1.15. The van der Waals surface area contributed by atoms with Crippen molar-refractivity contribution in [2.75, 3.05) is 5.75 Å². The Bertz CT molecular complexity index is 225. The van der Waals surface area contributed by atoms with Crippen LogP contribution in [0.2, 0.25) is 0 Å². The van der Waals surface area contributed by atoms with Gasteiger partial charge in [0, 0.05) is 8.47 Å². The van der Waals surface area contributed by atoms with Crippen molar-refractivity contribution in [2.24, 2.45) is 0 Å². The van der Waals surface area contributed by atoms with Crippen LogP contribution in [0.25, 0.3) is 0 Å². The normalized spacial score (nSPS) is 10.1. The van der Waals surface area contributed by atoms with Crippen LogP contribution in [0.1, 0.15) is 12.5 Å². The van der Waals surface area contributed by atoms with E-state index in [1.54, 1.807) is 0 Å². The molecule has 2 heteroatoms. The number of benzene rings is 1. The maximum absolute atomic E-state index is 2.36. The lowest BCUT2D eigenvalue weighted by Gasteiger charge is -2.00. The molecule has 0 nitrogen and oxygen atoms in total. The molecule has 0 fully saturated rings. The van der Waals surface area contributed by atoms with Gasteiger partial charge in [-0.1, -0.05) is 6.92 Å². The Hall–Kier alpha value is 0.300. The molecular formula is C9H11IS. The second kappa shape index (κ2) is 4.36. The molecule has 0 bridgehead atoms. The Kier molecular flexibility index (Phi) is 3.72. The Labute approximate surface area is 85.9 Å². The summed E-state index contributed by atoms with van der Waals surface area (Å²) < 4.78 is 1.33. The highest BCUT2D eigenvalue weighted by atomic mass is 127.